The standard InChI is InChI=1S/C22H26N4O3S/c1-3-24-30(28,29)20-10-5-17(2)21(15-20)22(27)26-12-4-11-25(13-14-26)19-8-6-18(16-23)7-9-19/h5-10,15,24H,3-4,11-14H2,1-2H3. The second-order valence-electron chi connectivity index (χ2n) is 7.27. The molecule has 1 heterocycles. The first-order valence-electron chi connectivity index (χ1n) is 10.0. The summed E-state index contributed by atoms with van der Waals surface area (Å²) in [5, 5.41) is 8.96. The Bertz CT molecular complexity index is 1060. The van der Waals surface area contributed by atoms with Crippen LogP contribution in [0.25, 0.3) is 0 Å². The Hall–Kier alpha value is -2.89. The van der Waals surface area contributed by atoms with Gasteiger partial charge in [-0.25, -0.2) is 13.1 Å². The lowest BCUT2D eigenvalue weighted by molar-refractivity contribution is 0.0766. The maximum Gasteiger partial charge on any atom is 0.254 e. The van der Waals surface area contributed by atoms with Gasteiger partial charge < -0.3 is 9.80 Å². The molecule has 8 heteroatoms. The van der Waals surface area contributed by atoms with Crippen LogP contribution < -0.4 is 9.62 Å². The van der Waals surface area contributed by atoms with Crippen molar-refractivity contribution in [3.63, 3.8) is 0 Å². The topological polar surface area (TPSA) is 93.5 Å². The van der Waals surface area contributed by atoms with Gasteiger partial charge in [-0.3, -0.25) is 4.79 Å². The molecule has 0 spiro atoms. The highest BCUT2D eigenvalue weighted by Crippen LogP contribution is 2.21. The van der Waals surface area contributed by atoms with Crippen molar-refractivity contribution in [1.82, 2.24) is 9.62 Å². The molecule has 0 radical (unpaired) electrons. The molecule has 30 heavy (non-hydrogen) atoms. The number of hydrogen-bond donors (Lipinski definition) is 1. The molecule has 7 nitrogen and oxygen atoms in total. The number of nitrogens with one attached hydrogen (secondary N) is 1. The third kappa shape index (κ3) is 4.81. The van der Waals surface area contributed by atoms with E-state index < -0.39 is 10.0 Å². The Kier molecular flexibility index (Phi) is 6.75. The summed E-state index contributed by atoms with van der Waals surface area (Å²) >= 11 is 0. The molecule has 1 saturated heterocycles. The summed E-state index contributed by atoms with van der Waals surface area (Å²) in [7, 11) is -3.62. The number of carbonyl (C=O) groups is 1. The Morgan fingerprint density at radius 3 is 2.50 bits per heavy atom. The van der Waals surface area contributed by atoms with Gasteiger partial charge in [0.05, 0.1) is 16.5 Å². The Morgan fingerprint density at radius 1 is 1.10 bits per heavy atom. The lowest BCUT2D eigenvalue weighted by atomic mass is 10.1. The molecular formula is C22H26N4O3S. The van der Waals surface area contributed by atoms with Crippen molar-refractivity contribution in [2.24, 2.45) is 0 Å². The van der Waals surface area contributed by atoms with Crippen molar-refractivity contribution >= 4 is 21.6 Å². The normalized spacial score (nSPS) is 14.8. The predicted octanol–water partition coefficient (Wildman–Crippen LogP) is 2.52. The van der Waals surface area contributed by atoms with Crippen LogP contribution >= 0.6 is 0 Å². The molecule has 1 aliphatic rings. The molecule has 2 aromatic carbocycles. The lowest BCUT2D eigenvalue weighted by Crippen LogP contribution is -2.35. The highest BCUT2D eigenvalue weighted by atomic mass is 32.2. The van der Waals surface area contributed by atoms with Crippen LogP contribution in [0, 0.1) is 18.3 Å². The molecule has 1 aliphatic heterocycles. The van der Waals surface area contributed by atoms with Crippen LogP contribution in [0.4, 0.5) is 5.69 Å². The summed E-state index contributed by atoms with van der Waals surface area (Å²) in [6, 6.07) is 14.2. The summed E-state index contributed by atoms with van der Waals surface area (Å²) in [5.41, 5.74) is 2.82. The lowest BCUT2D eigenvalue weighted by Gasteiger charge is -2.24. The molecule has 3 rings (SSSR count). The molecule has 0 bridgehead atoms. The van der Waals surface area contributed by atoms with Crippen LogP contribution in [0.2, 0.25) is 0 Å². The zero-order valence-electron chi connectivity index (χ0n) is 17.3. The fourth-order valence-electron chi connectivity index (χ4n) is 3.57. The number of nitriles is 1. The number of carbonyl (C=O) groups excluding carboxylic acids is 1. The quantitative estimate of drug-likeness (QED) is 0.793. The van der Waals surface area contributed by atoms with E-state index >= 15 is 0 Å². The number of nitrogens with zero attached hydrogens (tertiary/aromatic N) is 3. The van der Waals surface area contributed by atoms with E-state index in [1.807, 2.05) is 19.1 Å². The number of hydrogen-bond acceptors (Lipinski definition) is 5. The Morgan fingerprint density at radius 2 is 1.83 bits per heavy atom. The van der Waals surface area contributed by atoms with Crippen molar-refractivity contribution in [3.8, 4) is 6.07 Å². The molecule has 158 valence electrons. The number of benzene rings is 2. The third-order valence-electron chi connectivity index (χ3n) is 5.23. The van der Waals surface area contributed by atoms with Gasteiger partial charge in [-0.1, -0.05) is 13.0 Å². The number of amides is 1. The fourth-order valence-corrected chi connectivity index (χ4v) is 4.63. The van der Waals surface area contributed by atoms with Gasteiger partial charge in [-0.15, -0.1) is 0 Å². The van der Waals surface area contributed by atoms with Crippen LogP contribution in [0.3, 0.4) is 0 Å². The third-order valence-corrected chi connectivity index (χ3v) is 6.77. The SMILES string of the molecule is CCNS(=O)(=O)c1ccc(C)c(C(=O)N2CCCN(c3ccc(C#N)cc3)CC2)c1. The highest BCUT2D eigenvalue weighted by Gasteiger charge is 2.23. The van der Waals surface area contributed by atoms with Crippen molar-refractivity contribution in [2.75, 3.05) is 37.6 Å². The monoisotopic (exact) mass is 426 g/mol. The van der Waals surface area contributed by atoms with E-state index in [0.29, 0.717) is 30.8 Å². The second-order valence-corrected chi connectivity index (χ2v) is 9.04. The van der Waals surface area contributed by atoms with Gasteiger partial charge in [-0.05, 0) is 55.3 Å². The van der Waals surface area contributed by atoms with Gasteiger partial charge in [-0.2, -0.15) is 5.26 Å². The first-order chi connectivity index (χ1) is 14.4. The smallest absolute Gasteiger partial charge is 0.254 e. The van der Waals surface area contributed by atoms with E-state index in [0.717, 1.165) is 24.2 Å². The summed E-state index contributed by atoms with van der Waals surface area (Å²) in [5.74, 6) is -0.150. The average molecular weight is 427 g/mol. The predicted molar refractivity (Wildman–Crippen MR) is 116 cm³/mol. The van der Waals surface area contributed by atoms with Crippen LogP contribution in [0.5, 0.6) is 0 Å². The summed E-state index contributed by atoms with van der Waals surface area (Å²) in [6.07, 6.45) is 0.806. The molecular weight excluding hydrogens is 400 g/mol. The number of aryl methyl sites for hydroxylation is 1. The van der Waals surface area contributed by atoms with Crippen LogP contribution in [-0.2, 0) is 10.0 Å². The first kappa shape index (κ1) is 21.8. The Labute approximate surface area is 178 Å². The molecule has 1 N–H and O–H groups in total. The van der Waals surface area contributed by atoms with E-state index in [-0.39, 0.29) is 17.3 Å². The maximum absolute atomic E-state index is 13.2. The molecule has 0 aromatic heterocycles. The zero-order valence-corrected chi connectivity index (χ0v) is 18.1. The van der Waals surface area contributed by atoms with E-state index in [2.05, 4.69) is 15.7 Å². The minimum Gasteiger partial charge on any atom is -0.370 e. The summed E-state index contributed by atoms with van der Waals surface area (Å²) < 4.78 is 27.1. The molecule has 0 unspecified atom stereocenters. The van der Waals surface area contributed by atoms with Crippen molar-refractivity contribution < 1.29 is 13.2 Å². The molecule has 0 saturated carbocycles. The molecule has 1 fully saturated rings. The van der Waals surface area contributed by atoms with Gasteiger partial charge >= 0.3 is 0 Å². The number of anilines is 1. The van der Waals surface area contributed by atoms with Gasteiger partial charge in [0, 0.05) is 44.0 Å². The zero-order chi connectivity index (χ0) is 21.7. The minimum atomic E-state index is -3.62. The van der Waals surface area contributed by atoms with Crippen LogP contribution in [0.15, 0.2) is 47.4 Å². The summed E-state index contributed by atoms with van der Waals surface area (Å²) in [6.45, 7) is 6.45. The number of sulfonamides is 1. The Balaban J connectivity index is 1.77. The van der Waals surface area contributed by atoms with Crippen molar-refractivity contribution in [3.05, 3.63) is 59.2 Å². The molecule has 2 aromatic rings. The van der Waals surface area contributed by atoms with Crippen LogP contribution in [0.1, 0.15) is 34.8 Å². The van der Waals surface area contributed by atoms with E-state index in [9.17, 15) is 13.2 Å². The minimum absolute atomic E-state index is 0.104. The highest BCUT2D eigenvalue weighted by molar-refractivity contribution is 7.89. The molecule has 1 amide bonds. The largest absolute Gasteiger partial charge is 0.370 e. The van der Waals surface area contributed by atoms with E-state index in [1.54, 1.807) is 30.0 Å². The van der Waals surface area contributed by atoms with Gasteiger partial charge in [0.1, 0.15) is 0 Å². The van der Waals surface area contributed by atoms with Gasteiger partial charge in [0.25, 0.3) is 5.91 Å². The average Bonchev–Trinajstić information content (AvgIpc) is 3.00. The molecule has 0 atom stereocenters. The van der Waals surface area contributed by atoms with E-state index in [1.165, 1.54) is 12.1 Å². The van der Waals surface area contributed by atoms with Crippen molar-refractivity contribution in [2.45, 2.75) is 25.2 Å². The van der Waals surface area contributed by atoms with Gasteiger partial charge in [0.2, 0.25) is 10.0 Å². The van der Waals surface area contributed by atoms with Crippen molar-refractivity contribution in [1.29, 1.82) is 5.26 Å². The van der Waals surface area contributed by atoms with Crippen LogP contribution in [-0.4, -0.2) is 51.9 Å². The molecule has 0 aliphatic carbocycles. The first-order valence-corrected chi connectivity index (χ1v) is 11.5. The van der Waals surface area contributed by atoms with Gasteiger partial charge in [0.15, 0.2) is 0 Å². The van der Waals surface area contributed by atoms with E-state index in [4.69, 9.17) is 5.26 Å². The maximum atomic E-state index is 13.2. The second kappa shape index (κ2) is 9.28. The number of rotatable bonds is 5. The summed E-state index contributed by atoms with van der Waals surface area (Å²) in [4.78, 5) is 17.3. The fraction of sp³-hybridized carbons (Fsp3) is 0.364.